The molecule has 25 heavy (non-hydrogen) atoms. The summed E-state index contributed by atoms with van der Waals surface area (Å²) >= 11 is 1.31. The van der Waals surface area contributed by atoms with Crippen LogP contribution in [0.15, 0.2) is 42.5 Å². The topological polar surface area (TPSA) is 67.4 Å². The van der Waals surface area contributed by atoms with Gasteiger partial charge in [0.1, 0.15) is 0 Å². The molecule has 2 N–H and O–H groups in total. The van der Waals surface area contributed by atoms with Gasteiger partial charge in [0, 0.05) is 18.8 Å². The fourth-order valence-electron chi connectivity index (χ4n) is 2.78. The molecule has 0 bridgehead atoms. The molecule has 132 valence electrons. The van der Waals surface area contributed by atoms with E-state index >= 15 is 0 Å². The first-order valence-corrected chi connectivity index (χ1v) is 9.61. The van der Waals surface area contributed by atoms with Crippen LogP contribution in [0, 0.1) is 0 Å². The molecule has 2 aromatic rings. The minimum absolute atomic E-state index is 0.0565. The van der Waals surface area contributed by atoms with E-state index in [2.05, 4.69) is 10.6 Å². The van der Waals surface area contributed by atoms with Crippen molar-refractivity contribution in [1.29, 1.82) is 0 Å². The fourth-order valence-corrected chi connectivity index (χ4v) is 3.43. The quantitative estimate of drug-likeness (QED) is 0.799. The summed E-state index contributed by atoms with van der Waals surface area (Å²) in [6.07, 6.45) is 2.20. The van der Waals surface area contributed by atoms with Gasteiger partial charge in [0.05, 0.1) is 17.6 Å². The molecule has 1 aliphatic heterocycles. The maximum atomic E-state index is 12.0. The second-order valence-electron chi connectivity index (χ2n) is 6.04. The lowest BCUT2D eigenvalue weighted by Crippen LogP contribution is -2.33. The van der Waals surface area contributed by atoms with Crippen LogP contribution < -0.4 is 10.6 Å². The number of amides is 2. The lowest BCUT2D eigenvalue weighted by atomic mass is 10.1. The number of carbonyl (C=O) groups is 2. The van der Waals surface area contributed by atoms with Gasteiger partial charge in [-0.3, -0.25) is 9.59 Å². The van der Waals surface area contributed by atoms with Crippen LogP contribution in [-0.4, -0.2) is 42.6 Å². The highest BCUT2D eigenvalue weighted by Crippen LogP contribution is 2.19. The van der Waals surface area contributed by atoms with Crippen molar-refractivity contribution in [3.05, 3.63) is 42.5 Å². The number of thioether (sulfide) groups is 1. The minimum atomic E-state index is -0.104. The second-order valence-corrected chi connectivity index (χ2v) is 7.03. The van der Waals surface area contributed by atoms with E-state index in [1.165, 1.54) is 11.8 Å². The van der Waals surface area contributed by atoms with Gasteiger partial charge in [-0.2, -0.15) is 0 Å². The van der Waals surface area contributed by atoms with E-state index in [-0.39, 0.29) is 29.4 Å². The Morgan fingerprint density at radius 3 is 2.68 bits per heavy atom. The largest absolute Gasteiger partial charge is 0.376 e. The van der Waals surface area contributed by atoms with Gasteiger partial charge in [-0.05, 0) is 35.7 Å². The molecule has 1 fully saturated rings. The van der Waals surface area contributed by atoms with Crippen LogP contribution in [-0.2, 0) is 14.3 Å². The molecule has 0 saturated carbocycles. The molecular weight excluding hydrogens is 336 g/mol. The summed E-state index contributed by atoms with van der Waals surface area (Å²) < 4.78 is 5.46. The predicted molar refractivity (Wildman–Crippen MR) is 102 cm³/mol. The van der Waals surface area contributed by atoms with Crippen molar-refractivity contribution < 1.29 is 14.3 Å². The summed E-state index contributed by atoms with van der Waals surface area (Å²) in [7, 11) is 0. The van der Waals surface area contributed by atoms with E-state index in [0.717, 1.165) is 35.9 Å². The van der Waals surface area contributed by atoms with Gasteiger partial charge in [-0.1, -0.05) is 30.3 Å². The lowest BCUT2D eigenvalue weighted by molar-refractivity contribution is -0.119. The maximum absolute atomic E-state index is 12.0. The molecule has 0 aromatic heterocycles. The van der Waals surface area contributed by atoms with Crippen molar-refractivity contribution in [1.82, 2.24) is 5.32 Å². The Bertz CT molecular complexity index is 744. The molecule has 2 aromatic carbocycles. The van der Waals surface area contributed by atoms with Gasteiger partial charge in [0.25, 0.3) is 0 Å². The maximum Gasteiger partial charge on any atom is 0.234 e. The summed E-state index contributed by atoms with van der Waals surface area (Å²) in [6, 6.07) is 13.8. The standard InChI is InChI=1S/C19H22N2O3S/c22-18(20-11-17-6-3-9-24-17)12-25-13-19(23)21-16-8-7-14-4-1-2-5-15(14)10-16/h1-2,4-5,7-8,10,17H,3,6,9,11-13H2,(H,20,22)(H,21,23). The van der Waals surface area contributed by atoms with E-state index in [0.29, 0.717) is 6.54 Å². The highest BCUT2D eigenvalue weighted by molar-refractivity contribution is 8.00. The van der Waals surface area contributed by atoms with E-state index in [1.54, 1.807) is 0 Å². The number of anilines is 1. The Morgan fingerprint density at radius 2 is 1.88 bits per heavy atom. The van der Waals surface area contributed by atoms with E-state index in [4.69, 9.17) is 4.74 Å². The first-order chi connectivity index (χ1) is 12.2. The van der Waals surface area contributed by atoms with Gasteiger partial charge in [0.2, 0.25) is 11.8 Å². The lowest BCUT2D eigenvalue weighted by Gasteiger charge is -2.10. The summed E-state index contributed by atoms with van der Waals surface area (Å²) in [5, 5.41) is 7.95. The average molecular weight is 358 g/mol. The number of fused-ring (bicyclic) bond motifs is 1. The van der Waals surface area contributed by atoms with E-state index in [9.17, 15) is 9.59 Å². The first kappa shape index (κ1) is 17.8. The molecule has 6 heteroatoms. The Kier molecular flexibility index (Phi) is 6.30. The smallest absolute Gasteiger partial charge is 0.234 e. The zero-order valence-corrected chi connectivity index (χ0v) is 14.8. The van der Waals surface area contributed by atoms with Crippen LogP contribution in [0.2, 0.25) is 0 Å². The minimum Gasteiger partial charge on any atom is -0.376 e. The summed E-state index contributed by atoms with van der Waals surface area (Å²) in [5.74, 6) is 0.365. The van der Waals surface area contributed by atoms with Gasteiger partial charge in [-0.25, -0.2) is 0 Å². The highest BCUT2D eigenvalue weighted by atomic mass is 32.2. The monoisotopic (exact) mass is 358 g/mol. The molecule has 1 atom stereocenters. The molecule has 1 unspecified atom stereocenters. The number of rotatable bonds is 7. The zero-order chi connectivity index (χ0) is 17.5. The Labute approximate surface area is 151 Å². The van der Waals surface area contributed by atoms with Crippen LogP contribution in [0.5, 0.6) is 0 Å². The van der Waals surface area contributed by atoms with Gasteiger partial charge in [0.15, 0.2) is 0 Å². The van der Waals surface area contributed by atoms with Crippen LogP contribution >= 0.6 is 11.8 Å². The van der Waals surface area contributed by atoms with Crippen molar-refractivity contribution in [2.24, 2.45) is 0 Å². The van der Waals surface area contributed by atoms with E-state index in [1.807, 2.05) is 42.5 Å². The summed E-state index contributed by atoms with van der Waals surface area (Å²) in [6.45, 7) is 1.34. The number of nitrogens with one attached hydrogen (secondary N) is 2. The Balaban J connectivity index is 1.37. The Morgan fingerprint density at radius 1 is 1.08 bits per heavy atom. The van der Waals surface area contributed by atoms with Gasteiger partial charge < -0.3 is 15.4 Å². The molecular formula is C19H22N2O3S. The van der Waals surface area contributed by atoms with Crippen molar-refractivity contribution >= 4 is 40.0 Å². The Hall–Kier alpha value is -2.05. The third kappa shape index (κ3) is 5.47. The highest BCUT2D eigenvalue weighted by Gasteiger charge is 2.16. The predicted octanol–water partition coefficient (Wildman–Crippen LogP) is 2.81. The van der Waals surface area contributed by atoms with Crippen LogP contribution in [0.1, 0.15) is 12.8 Å². The van der Waals surface area contributed by atoms with Crippen molar-refractivity contribution in [2.45, 2.75) is 18.9 Å². The van der Waals surface area contributed by atoms with E-state index < -0.39 is 0 Å². The van der Waals surface area contributed by atoms with Crippen molar-refractivity contribution in [2.75, 3.05) is 30.0 Å². The zero-order valence-electron chi connectivity index (χ0n) is 14.0. The van der Waals surface area contributed by atoms with Gasteiger partial charge in [-0.15, -0.1) is 11.8 Å². The van der Waals surface area contributed by atoms with Crippen LogP contribution in [0.4, 0.5) is 5.69 Å². The average Bonchev–Trinajstić information content (AvgIpc) is 3.13. The number of benzene rings is 2. The summed E-state index contributed by atoms with van der Waals surface area (Å²) in [5.41, 5.74) is 0.770. The molecule has 2 amide bonds. The SMILES string of the molecule is O=C(CSCC(=O)Nc1ccc2ccccc2c1)NCC1CCCO1. The molecule has 5 nitrogen and oxygen atoms in total. The molecule has 0 spiro atoms. The third-order valence-corrected chi connectivity index (χ3v) is 4.98. The third-order valence-electron chi connectivity index (χ3n) is 4.05. The van der Waals surface area contributed by atoms with Crippen LogP contribution in [0.25, 0.3) is 10.8 Å². The number of hydrogen-bond acceptors (Lipinski definition) is 4. The molecule has 0 radical (unpaired) electrons. The number of hydrogen-bond donors (Lipinski definition) is 2. The van der Waals surface area contributed by atoms with Crippen molar-refractivity contribution in [3.63, 3.8) is 0 Å². The molecule has 1 aliphatic rings. The molecule has 3 rings (SSSR count). The number of ether oxygens (including phenoxy) is 1. The van der Waals surface area contributed by atoms with Gasteiger partial charge >= 0.3 is 0 Å². The number of carbonyl (C=O) groups excluding carboxylic acids is 2. The molecule has 0 aliphatic carbocycles. The normalized spacial score (nSPS) is 16.7. The molecule has 1 saturated heterocycles. The van der Waals surface area contributed by atoms with Crippen LogP contribution in [0.3, 0.4) is 0 Å². The second kappa shape index (κ2) is 8.87. The fraction of sp³-hybridized carbons (Fsp3) is 0.368. The molecule has 1 heterocycles. The first-order valence-electron chi connectivity index (χ1n) is 8.45. The van der Waals surface area contributed by atoms with Crippen molar-refractivity contribution in [3.8, 4) is 0 Å². The summed E-state index contributed by atoms with van der Waals surface area (Å²) in [4.78, 5) is 23.8.